The lowest BCUT2D eigenvalue weighted by atomic mass is 10.2. The van der Waals surface area contributed by atoms with E-state index in [9.17, 15) is 9.59 Å². The van der Waals surface area contributed by atoms with Crippen molar-refractivity contribution in [2.75, 3.05) is 7.11 Å². The van der Waals surface area contributed by atoms with Crippen LogP contribution in [0.25, 0.3) is 6.08 Å². The van der Waals surface area contributed by atoms with Crippen molar-refractivity contribution in [1.29, 1.82) is 0 Å². The number of rotatable bonds is 6. The van der Waals surface area contributed by atoms with E-state index in [0.29, 0.717) is 0 Å². The molecule has 0 saturated carbocycles. The lowest BCUT2D eigenvalue weighted by Crippen LogP contribution is -2.46. The molecule has 0 spiro atoms. The third kappa shape index (κ3) is 6.12. The molecule has 0 heterocycles. The van der Waals surface area contributed by atoms with Crippen molar-refractivity contribution in [3.63, 3.8) is 0 Å². The predicted octanol–water partition coefficient (Wildman–Crippen LogP) is 1.74. The molecular formula is C16H22N2O3. The minimum atomic E-state index is -0.569. The molecule has 0 aromatic heterocycles. The van der Waals surface area contributed by atoms with Gasteiger partial charge in [0.2, 0.25) is 11.8 Å². The molecule has 0 radical (unpaired) electrons. The molecule has 0 aliphatic heterocycles. The Balaban J connectivity index is 2.52. The lowest BCUT2D eigenvalue weighted by molar-refractivity contribution is -0.127. The summed E-state index contributed by atoms with van der Waals surface area (Å²) in [7, 11) is 1.60. The first kappa shape index (κ1) is 16.8. The Kier molecular flexibility index (Phi) is 6.46. The zero-order valence-corrected chi connectivity index (χ0v) is 12.8. The second-order valence-electron chi connectivity index (χ2n) is 5.00. The number of hydrogen-bond acceptors (Lipinski definition) is 3. The summed E-state index contributed by atoms with van der Waals surface area (Å²) in [4.78, 5) is 23.4. The van der Waals surface area contributed by atoms with Gasteiger partial charge in [-0.15, -0.1) is 0 Å². The Morgan fingerprint density at radius 2 is 1.71 bits per heavy atom. The van der Waals surface area contributed by atoms with Gasteiger partial charge in [0.1, 0.15) is 11.8 Å². The van der Waals surface area contributed by atoms with Crippen molar-refractivity contribution >= 4 is 17.9 Å². The van der Waals surface area contributed by atoms with Crippen LogP contribution in [0.1, 0.15) is 26.3 Å². The van der Waals surface area contributed by atoms with Gasteiger partial charge < -0.3 is 15.4 Å². The molecule has 0 fully saturated rings. The Morgan fingerprint density at radius 3 is 2.24 bits per heavy atom. The average molecular weight is 290 g/mol. The summed E-state index contributed by atoms with van der Waals surface area (Å²) in [5, 5.41) is 5.36. The van der Waals surface area contributed by atoms with Crippen molar-refractivity contribution in [3.05, 3.63) is 35.9 Å². The smallest absolute Gasteiger partial charge is 0.244 e. The molecule has 0 bridgehead atoms. The van der Waals surface area contributed by atoms with Gasteiger partial charge in [-0.1, -0.05) is 12.1 Å². The van der Waals surface area contributed by atoms with Crippen LogP contribution >= 0.6 is 0 Å². The first-order valence-corrected chi connectivity index (χ1v) is 6.85. The monoisotopic (exact) mass is 290 g/mol. The lowest BCUT2D eigenvalue weighted by Gasteiger charge is -2.14. The largest absolute Gasteiger partial charge is 0.497 e. The first-order valence-electron chi connectivity index (χ1n) is 6.85. The molecule has 5 heteroatoms. The molecular weight excluding hydrogens is 268 g/mol. The Morgan fingerprint density at radius 1 is 1.10 bits per heavy atom. The molecule has 1 unspecified atom stereocenters. The minimum Gasteiger partial charge on any atom is -0.497 e. The van der Waals surface area contributed by atoms with Gasteiger partial charge in [-0.2, -0.15) is 0 Å². The Bertz CT molecular complexity index is 507. The van der Waals surface area contributed by atoms with Crippen LogP contribution in [0.4, 0.5) is 0 Å². The van der Waals surface area contributed by atoms with Gasteiger partial charge >= 0.3 is 0 Å². The van der Waals surface area contributed by atoms with Crippen LogP contribution in [0.2, 0.25) is 0 Å². The van der Waals surface area contributed by atoms with E-state index in [0.717, 1.165) is 11.3 Å². The predicted molar refractivity (Wildman–Crippen MR) is 82.9 cm³/mol. The van der Waals surface area contributed by atoms with Gasteiger partial charge in [-0.25, -0.2) is 0 Å². The first-order chi connectivity index (χ1) is 9.92. The Labute approximate surface area is 125 Å². The zero-order chi connectivity index (χ0) is 15.8. The number of ether oxygens (including phenoxy) is 1. The maximum absolute atomic E-state index is 11.7. The molecule has 0 aliphatic carbocycles. The van der Waals surface area contributed by atoms with Crippen LogP contribution < -0.4 is 15.4 Å². The van der Waals surface area contributed by atoms with Crippen LogP contribution in [-0.2, 0) is 9.59 Å². The van der Waals surface area contributed by atoms with E-state index in [1.54, 1.807) is 20.1 Å². The molecule has 21 heavy (non-hydrogen) atoms. The highest BCUT2D eigenvalue weighted by molar-refractivity contribution is 5.95. The fourth-order valence-corrected chi connectivity index (χ4v) is 1.62. The fraction of sp³-hybridized carbons (Fsp3) is 0.375. The zero-order valence-electron chi connectivity index (χ0n) is 12.8. The molecule has 1 atom stereocenters. The molecule has 1 aromatic rings. The van der Waals surface area contributed by atoms with Gasteiger partial charge in [0, 0.05) is 12.1 Å². The van der Waals surface area contributed by atoms with Crippen molar-refractivity contribution in [2.24, 2.45) is 0 Å². The van der Waals surface area contributed by atoms with E-state index in [4.69, 9.17) is 4.74 Å². The van der Waals surface area contributed by atoms with Crippen LogP contribution in [0.5, 0.6) is 5.75 Å². The highest BCUT2D eigenvalue weighted by atomic mass is 16.5. The van der Waals surface area contributed by atoms with Crippen molar-refractivity contribution in [1.82, 2.24) is 10.6 Å². The summed E-state index contributed by atoms with van der Waals surface area (Å²) >= 11 is 0. The highest BCUT2D eigenvalue weighted by Gasteiger charge is 2.14. The Hall–Kier alpha value is -2.30. The van der Waals surface area contributed by atoms with E-state index in [1.807, 2.05) is 38.1 Å². The van der Waals surface area contributed by atoms with Crippen LogP contribution in [0.3, 0.4) is 0 Å². The maximum Gasteiger partial charge on any atom is 0.244 e. The van der Waals surface area contributed by atoms with Crippen molar-refractivity contribution in [2.45, 2.75) is 32.9 Å². The SMILES string of the molecule is COc1ccc(/C=C/C(=O)NC(C)C(=O)NC(C)C)cc1. The van der Waals surface area contributed by atoms with Gasteiger partial charge in [0.05, 0.1) is 7.11 Å². The summed E-state index contributed by atoms with van der Waals surface area (Å²) < 4.78 is 5.06. The molecule has 0 saturated heterocycles. The number of amides is 2. The summed E-state index contributed by atoms with van der Waals surface area (Å²) in [6.07, 6.45) is 3.09. The summed E-state index contributed by atoms with van der Waals surface area (Å²) in [6, 6.07) is 6.80. The van der Waals surface area contributed by atoms with E-state index in [2.05, 4.69) is 10.6 Å². The summed E-state index contributed by atoms with van der Waals surface area (Å²) in [5.41, 5.74) is 0.880. The van der Waals surface area contributed by atoms with Gasteiger partial charge in [-0.3, -0.25) is 9.59 Å². The highest BCUT2D eigenvalue weighted by Crippen LogP contribution is 2.12. The fourth-order valence-electron chi connectivity index (χ4n) is 1.62. The standard InChI is InChI=1S/C16H22N2O3/c1-11(2)17-16(20)12(3)18-15(19)10-7-13-5-8-14(21-4)9-6-13/h5-12H,1-4H3,(H,17,20)(H,18,19)/b10-7+. The number of carbonyl (C=O) groups is 2. The summed E-state index contributed by atoms with van der Waals surface area (Å²) in [6.45, 7) is 5.39. The number of nitrogens with one attached hydrogen (secondary N) is 2. The average Bonchev–Trinajstić information content (AvgIpc) is 2.44. The topological polar surface area (TPSA) is 67.4 Å². The number of carbonyl (C=O) groups excluding carboxylic acids is 2. The molecule has 1 aromatic carbocycles. The summed E-state index contributed by atoms with van der Waals surface area (Å²) in [5.74, 6) is 0.254. The van der Waals surface area contributed by atoms with Gasteiger partial charge in [0.15, 0.2) is 0 Å². The molecule has 0 aliphatic rings. The van der Waals surface area contributed by atoms with E-state index in [1.165, 1.54) is 6.08 Å². The normalized spacial score (nSPS) is 12.2. The van der Waals surface area contributed by atoms with E-state index >= 15 is 0 Å². The van der Waals surface area contributed by atoms with Crippen LogP contribution in [0, 0.1) is 0 Å². The second-order valence-corrected chi connectivity index (χ2v) is 5.00. The van der Waals surface area contributed by atoms with Crippen LogP contribution in [0.15, 0.2) is 30.3 Å². The van der Waals surface area contributed by atoms with Gasteiger partial charge in [0.25, 0.3) is 0 Å². The van der Waals surface area contributed by atoms with E-state index < -0.39 is 6.04 Å². The number of hydrogen-bond donors (Lipinski definition) is 2. The second kappa shape index (κ2) is 8.09. The van der Waals surface area contributed by atoms with Gasteiger partial charge in [-0.05, 0) is 44.5 Å². The minimum absolute atomic E-state index is 0.0479. The van der Waals surface area contributed by atoms with E-state index in [-0.39, 0.29) is 17.9 Å². The third-order valence-corrected chi connectivity index (χ3v) is 2.73. The maximum atomic E-state index is 11.7. The molecule has 114 valence electrons. The molecule has 2 N–H and O–H groups in total. The third-order valence-electron chi connectivity index (χ3n) is 2.73. The number of benzene rings is 1. The van der Waals surface area contributed by atoms with Crippen molar-refractivity contribution < 1.29 is 14.3 Å². The van der Waals surface area contributed by atoms with Crippen LogP contribution in [-0.4, -0.2) is 31.0 Å². The molecule has 5 nitrogen and oxygen atoms in total. The number of methoxy groups -OCH3 is 1. The van der Waals surface area contributed by atoms with Crippen molar-refractivity contribution in [3.8, 4) is 5.75 Å². The quantitative estimate of drug-likeness (QED) is 0.784. The molecule has 1 rings (SSSR count). The molecule has 2 amide bonds.